The second-order valence-corrected chi connectivity index (χ2v) is 6.43. The Morgan fingerprint density at radius 3 is 2.07 bits per heavy atom. The van der Waals surface area contributed by atoms with Crippen LogP contribution in [0.1, 0.15) is 16.7 Å². The molecule has 0 radical (unpaired) electrons. The predicted octanol–water partition coefficient (Wildman–Crippen LogP) is 3.56. The van der Waals surface area contributed by atoms with Crippen LogP contribution in [0.3, 0.4) is 0 Å². The third-order valence-electron chi connectivity index (χ3n) is 4.64. The molecule has 8 heteroatoms. The van der Waals surface area contributed by atoms with E-state index in [1.807, 2.05) is 19.1 Å². The van der Waals surface area contributed by atoms with Gasteiger partial charge in [0.15, 0.2) is 17.5 Å². The molecule has 0 amide bonds. The van der Waals surface area contributed by atoms with E-state index in [4.69, 9.17) is 18.9 Å². The molecule has 0 unspecified atom stereocenters. The quantitative estimate of drug-likeness (QED) is 0.294. The van der Waals surface area contributed by atoms with Crippen LogP contribution >= 0.6 is 24.0 Å². The number of ether oxygens (including phenoxy) is 4. The molecule has 2 rings (SSSR count). The minimum atomic E-state index is 0. The minimum Gasteiger partial charge on any atom is -0.496 e. The van der Waals surface area contributed by atoms with E-state index in [-0.39, 0.29) is 24.0 Å². The largest absolute Gasteiger partial charge is 0.496 e. The zero-order chi connectivity index (χ0) is 21.2. The highest BCUT2D eigenvalue weighted by molar-refractivity contribution is 14.0. The van der Waals surface area contributed by atoms with Crippen molar-refractivity contribution in [2.45, 2.75) is 19.9 Å². The van der Waals surface area contributed by atoms with Crippen molar-refractivity contribution >= 4 is 29.9 Å². The van der Waals surface area contributed by atoms with Gasteiger partial charge in [0.25, 0.3) is 0 Å². The standard InChI is InChI=1S/C22H31N3O4.HI/c1-15-7-8-16(11-18(15)26-3)9-10-24-22(23-2)25-14-17-12-20(28-5)21(29-6)13-19(17)27-4;/h7-8,11-13H,9-10,14H2,1-6H3,(H2,23,24,25);1H. The van der Waals surface area contributed by atoms with Crippen molar-refractivity contribution in [1.82, 2.24) is 10.6 Å². The number of benzene rings is 2. The summed E-state index contributed by atoms with van der Waals surface area (Å²) in [5, 5.41) is 6.64. The Morgan fingerprint density at radius 1 is 0.833 bits per heavy atom. The van der Waals surface area contributed by atoms with Gasteiger partial charge in [-0.25, -0.2) is 0 Å². The van der Waals surface area contributed by atoms with Gasteiger partial charge in [0.05, 0.1) is 28.4 Å². The van der Waals surface area contributed by atoms with Crippen LogP contribution in [0.25, 0.3) is 0 Å². The number of halogens is 1. The lowest BCUT2D eigenvalue weighted by Gasteiger charge is -2.16. The van der Waals surface area contributed by atoms with Gasteiger partial charge >= 0.3 is 0 Å². The van der Waals surface area contributed by atoms with Crippen molar-refractivity contribution in [1.29, 1.82) is 0 Å². The van der Waals surface area contributed by atoms with Crippen molar-refractivity contribution in [3.05, 3.63) is 47.0 Å². The molecule has 2 aromatic rings. The summed E-state index contributed by atoms with van der Waals surface area (Å²) in [6, 6.07) is 9.98. The Labute approximate surface area is 196 Å². The van der Waals surface area contributed by atoms with Gasteiger partial charge in [0.1, 0.15) is 11.5 Å². The first kappa shape index (κ1) is 25.7. The van der Waals surface area contributed by atoms with E-state index >= 15 is 0 Å². The van der Waals surface area contributed by atoms with E-state index in [0.717, 1.165) is 35.6 Å². The highest BCUT2D eigenvalue weighted by Crippen LogP contribution is 2.34. The number of hydrogen-bond acceptors (Lipinski definition) is 5. The number of guanidine groups is 1. The summed E-state index contributed by atoms with van der Waals surface area (Å²) >= 11 is 0. The molecule has 0 saturated carbocycles. The number of methoxy groups -OCH3 is 4. The van der Waals surface area contributed by atoms with E-state index < -0.39 is 0 Å². The van der Waals surface area contributed by atoms with Crippen LogP contribution < -0.4 is 29.6 Å². The Hall–Kier alpha value is -2.36. The zero-order valence-corrected chi connectivity index (χ0v) is 20.8. The van der Waals surface area contributed by atoms with E-state index in [0.29, 0.717) is 24.0 Å². The Bertz CT molecular complexity index is 843. The number of aliphatic imine (C=N–C) groups is 1. The first-order valence-corrected chi connectivity index (χ1v) is 9.43. The molecule has 7 nitrogen and oxygen atoms in total. The molecule has 30 heavy (non-hydrogen) atoms. The second-order valence-electron chi connectivity index (χ2n) is 6.43. The Balaban J connectivity index is 0.00000450. The third-order valence-corrected chi connectivity index (χ3v) is 4.64. The normalized spacial score (nSPS) is 10.7. The molecule has 0 aromatic heterocycles. The van der Waals surface area contributed by atoms with Crippen LogP contribution in [-0.4, -0.2) is 48.0 Å². The summed E-state index contributed by atoms with van der Waals surface area (Å²) in [4.78, 5) is 4.29. The number of rotatable bonds is 9. The highest BCUT2D eigenvalue weighted by atomic mass is 127. The average Bonchev–Trinajstić information content (AvgIpc) is 2.76. The SMILES string of the molecule is CN=C(NCCc1ccc(C)c(OC)c1)NCc1cc(OC)c(OC)cc1OC.I. The van der Waals surface area contributed by atoms with Crippen molar-refractivity contribution in [2.24, 2.45) is 4.99 Å². The molecule has 0 fully saturated rings. The maximum atomic E-state index is 5.48. The average molecular weight is 529 g/mol. The molecular formula is C22H32IN3O4. The zero-order valence-electron chi connectivity index (χ0n) is 18.5. The fraction of sp³-hybridized carbons (Fsp3) is 0.409. The van der Waals surface area contributed by atoms with Crippen LogP contribution in [0.5, 0.6) is 23.0 Å². The summed E-state index contributed by atoms with van der Waals surface area (Å²) in [5.74, 6) is 3.62. The molecule has 0 aliphatic heterocycles. The Kier molecular flexibility index (Phi) is 11.2. The van der Waals surface area contributed by atoms with E-state index in [9.17, 15) is 0 Å². The molecule has 0 atom stereocenters. The molecule has 2 N–H and O–H groups in total. The molecule has 0 spiro atoms. The van der Waals surface area contributed by atoms with Crippen molar-refractivity contribution in [3.8, 4) is 23.0 Å². The second kappa shape index (κ2) is 13.0. The minimum absolute atomic E-state index is 0. The number of nitrogens with one attached hydrogen (secondary N) is 2. The monoisotopic (exact) mass is 529 g/mol. The molecule has 0 heterocycles. The van der Waals surface area contributed by atoms with Crippen LogP contribution in [0.15, 0.2) is 35.3 Å². The van der Waals surface area contributed by atoms with Crippen LogP contribution in [0, 0.1) is 6.92 Å². The summed E-state index contributed by atoms with van der Waals surface area (Å²) < 4.78 is 21.6. The predicted molar refractivity (Wildman–Crippen MR) is 131 cm³/mol. The molecule has 0 bridgehead atoms. The summed E-state index contributed by atoms with van der Waals surface area (Å²) in [5.41, 5.74) is 3.28. The summed E-state index contributed by atoms with van der Waals surface area (Å²) in [7, 11) is 8.29. The smallest absolute Gasteiger partial charge is 0.191 e. The highest BCUT2D eigenvalue weighted by Gasteiger charge is 2.12. The maximum Gasteiger partial charge on any atom is 0.191 e. The topological polar surface area (TPSA) is 73.3 Å². The molecule has 0 saturated heterocycles. The summed E-state index contributed by atoms with van der Waals surface area (Å²) in [6.45, 7) is 3.31. The molecular weight excluding hydrogens is 497 g/mol. The third kappa shape index (κ3) is 6.86. The molecule has 166 valence electrons. The maximum absolute atomic E-state index is 5.48. The van der Waals surface area contributed by atoms with Crippen LogP contribution in [0.4, 0.5) is 0 Å². The van der Waals surface area contributed by atoms with Gasteiger partial charge in [-0.05, 0) is 36.6 Å². The van der Waals surface area contributed by atoms with Crippen molar-refractivity contribution < 1.29 is 18.9 Å². The fourth-order valence-electron chi connectivity index (χ4n) is 2.98. The van der Waals surface area contributed by atoms with Gasteiger partial charge in [-0.2, -0.15) is 0 Å². The first-order chi connectivity index (χ1) is 14.1. The van der Waals surface area contributed by atoms with Crippen molar-refractivity contribution in [2.75, 3.05) is 42.0 Å². The van der Waals surface area contributed by atoms with E-state index in [2.05, 4.69) is 33.8 Å². The van der Waals surface area contributed by atoms with Gasteiger partial charge in [0, 0.05) is 31.8 Å². The van der Waals surface area contributed by atoms with Crippen molar-refractivity contribution in [3.63, 3.8) is 0 Å². The molecule has 0 aliphatic carbocycles. The van der Waals surface area contributed by atoms with E-state index in [1.54, 1.807) is 35.5 Å². The number of aryl methyl sites for hydroxylation is 1. The van der Waals surface area contributed by atoms with Crippen LogP contribution in [-0.2, 0) is 13.0 Å². The van der Waals surface area contributed by atoms with Gasteiger partial charge in [-0.1, -0.05) is 12.1 Å². The Morgan fingerprint density at radius 2 is 1.47 bits per heavy atom. The lowest BCUT2D eigenvalue weighted by atomic mass is 10.1. The fourth-order valence-corrected chi connectivity index (χ4v) is 2.98. The molecule has 2 aromatic carbocycles. The van der Waals surface area contributed by atoms with Gasteiger partial charge < -0.3 is 29.6 Å². The van der Waals surface area contributed by atoms with Crippen LogP contribution in [0.2, 0.25) is 0 Å². The van der Waals surface area contributed by atoms with E-state index in [1.165, 1.54) is 5.56 Å². The van der Waals surface area contributed by atoms with Gasteiger partial charge in [-0.15, -0.1) is 24.0 Å². The first-order valence-electron chi connectivity index (χ1n) is 9.43. The van der Waals surface area contributed by atoms with Gasteiger partial charge in [0.2, 0.25) is 0 Å². The number of nitrogens with zero attached hydrogens (tertiary/aromatic N) is 1. The number of hydrogen-bond donors (Lipinski definition) is 2. The lowest BCUT2D eigenvalue weighted by molar-refractivity contribution is 0.347. The molecule has 0 aliphatic rings. The summed E-state index contributed by atoms with van der Waals surface area (Å²) in [6.07, 6.45) is 0.858. The van der Waals surface area contributed by atoms with Gasteiger partial charge in [-0.3, -0.25) is 4.99 Å². The lowest BCUT2D eigenvalue weighted by Crippen LogP contribution is -2.37.